The normalized spacial score (nSPS) is 10.3. The molecule has 0 aromatic rings. The van der Waals surface area contributed by atoms with E-state index in [0.29, 0.717) is 6.42 Å². The van der Waals surface area contributed by atoms with Gasteiger partial charge in [-0.2, -0.15) is 0 Å². The lowest BCUT2D eigenvalue weighted by Crippen LogP contribution is -1.92. The summed E-state index contributed by atoms with van der Waals surface area (Å²) >= 11 is 0. The Morgan fingerprint density at radius 2 is 1.35 bits per heavy atom. The van der Waals surface area contributed by atoms with E-state index in [0.717, 1.165) is 12.8 Å². The Kier molecular flexibility index (Phi) is 17.4. The molecule has 23 heavy (non-hydrogen) atoms. The molecule has 0 unspecified atom stereocenters. The van der Waals surface area contributed by atoms with Crippen molar-refractivity contribution in [2.75, 3.05) is 0 Å². The number of carbonyl (C=O) groups is 1. The van der Waals surface area contributed by atoms with E-state index in [2.05, 4.69) is 36.8 Å². The molecule has 0 heterocycles. The van der Waals surface area contributed by atoms with E-state index in [9.17, 15) is 4.79 Å². The Morgan fingerprint density at radius 3 is 1.91 bits per heavy atom. The van der Waals surface area contributed by atoms with Gasteiger partial charge in [-0.25, -0.2) is 0 Å². The fourth-order valence-corrected chi connectivity index (χ4v) is 2.52. The van der Waals surface area contributed by atoms with E-state index in [1.54, 1.807) is 0 Å². The van der Waals surface area contributed by atoms with Gasteiger partial charge in [0.1, 0.15) is 0 Å². The number of rotatable bonds is 15. The maximum Gasteiger partial charge on any atom is 0.206 e. The molecule has 0 spiro atoms. The summed E-state index contributed by atoms with van der Waals surface area (Å²) in [6.45, 7) is 2.26. The number of unbranched alkanes of at least 4 members (excludes halogenated alkanes) is 11. The van der Waals surface area contributed by atoms with Crippen LogP contribution in [-0.2, 0) is 4.79 Å². The van der Waals surface area contributed by atoms with Gasteiger partial charge in [-0.1, -0.05) is 70.4 Å². The van der Waals surface area contributed by atoms with Crippen LogP contribution in [0.25, 0.3) is 0 Å². The molecular formula is C22H34O. The molecule has 0 amide bonds. The topological polar surface area (TPSA) is 17.1 Å². The summed E-state index contributed by atoms with van der Waals surface area (Å²) in [5.74, 6) is 6.97. The lowest BCUT2D eigenvalue weighted by atomic mass is 10.1. The van der Waals surface area contributed by atoms with Crippen molar-refractivity contribution < 1.29 is 4.79 Å². The van der Waals surface area contributed by atoms with Gasteiger partial charge >= 0.3 is 0 Å². The molecule has 0 aromatic heterocycles. The first-order valence-electron chi connectivity index (χ1n) is 9.45. The zero-order valence-electron chi connectivity index (χ0n) is 15.0. The minimum Gasteiger partial charge on any atom is -0.285 e. The molecule has 0 aliphatic carbocycles. The van der Waals surface area contributed by atoms with Gasteiger partial charge in [0, 0.05) is 6.42 Å². The summed E-state index contributed by atoms with van der Waals surface area (Å²) in [6.07, 6.45) is 26.7. The Labute approximate surface area is 144 Å². The summed E-state index contributed by atoms with van der Waals surface area (Å²) in [7, 11) is 0. The molecule has 1 heteroatoms. The van der Waals surface area contributed by atoms with Crippen molar-refractivity contribution >= 4 is 5.78 Å². The van der Waals surface area contributed by atoms with Crippen LogP contribution in [0.4, 0.5) is 0 Å². The molecule has 0 rings (SSSR count). The third-order valence-electron chi connectivity index (χ3n) is 3.94. The maximum atomic E-state index is 11.3. The Morgan fingerprint density at radius 1 is 0.826 bits per heavy atom. The predicted molar refractivity (Wildman–Crippen MR) is 101 cm³/mol. The summed E-state index contributed by atoms with van der Waals surface area (Å²) in [5.41, 5.74) is 0. The molecule has 0 saturated carbocycles. The highest BCUT2D eigenvalue weighted by molar-refractivity contribution is 5.95. The zero-order chi connectivity index (χ0) is 17.0. The molecule has 0 atom stereocenters. The van der Waals surface area contributed by atoms with E-state index in [-0.39, 0.29) is 5.78 Å². The third-order valence-corrected chi connectivity index (χ3v) is 3.94. The first kappa shape index (κ1) is 21.5. The standard InChI is InChI=1S/C22H34O/c1-3-5-7-8-9-10-11-12-13-14-15-16-17-18-19-21-22(23)20-6-4-2/h2,10-11H,3,5,7-9,12-19,21H2,1H3/b11-10-. The van der Waals surface area contributed by atoms with Gasteiger partial charge in [-0.3, -0.25) is 4.79 Å². The van der Waals surface area contributed by atoms with Crippen molar-refractivity contribution in [3.05, 3.63) is 12.2 Å². The van der Waals surface area contributed by atoms with Gasteiger partial charge in [-0.05, 0) is 49.9 Å². The smallest absolute Gasteiger partial charge is 0.206 e. The largest absolute Gasteiger partial charge is 0.285 e. The van der Waals surface area contributed by atoms with Crippen molar-refractivity contribution in [3.8, 4) is 24.2 Å². The molecule has 0 N–H and O–H groups in total. The second-order valence-electron chi connectivity index (χ2n) is 6.15. The molecule has 128 valence electrons. The average Bonchev–Trinajstić information content (AvgIpc) is 2.56. The fraction of sp³-hybridized carbons (Fsp3) is 0.682. The van der Waals surface area contributed by atoms with Gasteiger partial charge in [0.25, 0.3) is 0 Å². The van der Waals surface area contributed by atoms with E-state index >= 15 is 0 Å². The van der Waals surface area contributed by atoms with Crippen LogP contribution in [0.2, 0.25) is 0 Å². The lowest BCUT2D eigenvalue weighted by Gasteiger charge is -2.00. The van der Waals surface area contributed by atoms with Crippen LogP contribution >= 0.6 is 0 Å². The monoisotopic (exact) mass is 314 g/mol. The van der Waals surface area contributed by atoms with Gasteiger partial charge in [-0.15, -0.1) is 6.42 Å². The SMILES string of the molecule is C#CC#CC(=O)CCCCCCCCC/C=C\CCCCCC. The van der Waals surface area contributed by atoms with Gasteiger partial charge in [0.05, 0.1) is 0 Å². The Bertz CT molecular complexity index is 400. The van der Waals surface area contributed by atoms with E-state index in [1.165, 1.54) is 70.6 Å². The molecular weight excluding hydrogens is 280 g/mol. The molecule has 0 aliphatic rings. The second kappa shape index (κ2) is 18.6. The summed E-state index contributed by atoms with van der Waals surface area (Å²) < 4.78 is 0. The quantitative estimate of drug-likeness (QED) is 0.151. The van der Waals surface area contributed by atoms with Crippen LogP contribution in [-0.4, -0.2) is 5.78 Å². The second-order valence-corrected chi connectivity index (χ2v) is 6.15. The van der Waals surface area contributed by atoms with Crippen LogP contribution < -0.4 is 0 Å². The molecule has 0 fully saturated rings. The first-order chi connectivity index (χ1) is 11.3. The van der Waals surface area contributed by atoms with E-state index in [1.807, 2.05) is 0 Å². The Hall–Kier alpha value is -1.47. The molecule has 0 saturated heterocycles. The van der Waals surface area contributed by atoms with Crippen molar-refractivity contribution in [2.45, 2.75) is 96.8 Å². The zero-order valence-corrected chi connectivity index (χ0v) is 15.0. The number of terminal acetylenes is 1. The summed E-state index contributed by atoms with van der Waals surface area (Å²) in [4.78, 5) is 11.3. The highest BCUT2D eigenvalue weighted by Crippen LogP contribution is 2.10. The van der Waals surface area contributed by atoms with E-state index < -0.39 is 0 Å². The van der Waals surface area contributed by atoms with Crippen LogP contribution in [0.3, 0.4) is 0 Å². The van der Waals surface area contributed by atoms with Crippen molar-refractivity contribution in [1.29, 1.82) is 0 Å². The van der Waals surface area contributed by atoms with Crippen LogP contribution in [0.1, 0.15) is 96.8 Å². The van der Waals surface area contributed by atoms with Gasteiger partial charge in [0.2, 0.25) is 5.78 Å². The maximum absolute atomic E-state index is 11.3. The number of hydrogen-bond acceptors (Lipinski definition) is 1. The van der Waals surface area contributed by atoms with Crippen molar-refractivity contribution in [1.82, 2.24) is 0 Å². The van der Waals surface area contributed by atoms with E-state index in [4.69, 9.17) is 6.42 Å². The molecule has 0 aromatic carbocycles. The molecule has 0 aliphatic heterocycles. The van der Waals surface area contributed by atoms with Crippen LogP contribution in [0.5, 0.6) is 0 Å². The third kappa shape index (κ3) is 18.5. The number of carbonyl (C=O) groups excluding carboxylic acids is 1. The van der Waals surface area contributed by atoms with Crippen molar-refractivity contribution in [2.24, 2.45) is 0 Å². The van der Waals surface area contributed by atoms with Crippen LogP contribution in [0.15, 0.2) is 12.2 Å². The number of Topliss-reactive ketones (excluding diaryl/α,β-unsaturated/α-hetero) is 1. The first-order valence-corrected chi connectivity index (χ1v) is 9.45. The Balaban J connectivity index is 3.20. The minimum absolute atomic E-state index is 0.0237. The van der Waals surface area contributed by atoms with Gasteiger partial charge in [0.15, 0.2) is 0 Å². The highest BCUT2D eigenvalue weighted by atomic mass is 16.1. The van der Waals surface area contributed by atoms with Gasteiger partial charge < -0.3 is 0 Å². The average molecular weight is 315 g/mol. The van der Waals surface area contributed by atoms with Crippen molar-refractivity contribution in [3.63, 3.8) is 0 Å². The molecule has 0 bridgehead atoms. The fourth-order valence-electron chi connectivity index (χ4n) is 2.52. The molecule has 1 nitrogen and oxygen atoms in total. The lowest BCUT2D eigenvalue weighted by molar-refractivity contribution is -0.113. The summed E-state index contributed by atoms with van der Waals surface area (Å²) in [5, 5.41) is 0. The molecule has 0 radical (unpaired) electrons. The number of allylic oxidation sites excluding steroid dienone is 2. The predicted octanol–water partition coefficient (Wildman–Crippen LogP) is 6.23. The highest BCUT2D eigenvalue weighted by Gasteiger charge is 1.97. The number of hydrogen-bond donors (Lipinski definition) is 0. The summed E-state index contributed by atoms with van der Waals surface area (Å²) in [6, 6.07) is 0. The number of ketones is 1. The minimum atomic E-state index is -0.0237. The van der Waals surface area contributed by atoms with Crippen LogP contribution in [0, 0.1) is 24.2 Å².